The molecule has 3 aliphatic heterocycles. The molecule has 1 N–H and O–H groups in total. The van der Waals surface area contributed by atoms with E-state index in [9.17, 15) is 27.6 Å². The van der Waals surface area contributed by atoms with Crippen LogP contribution < -0.4 is 10.2 Å². The molecule has 3 aliphatic rings. The monoisotopic (exact) mass is 571 g/mol. The quantitative estimate of drug-likeness (QED) is 0.382. The maximum atomic E-state index is 13.9. The lowest BCUT2D eigenvalue weighted by molar-refractivity contribution is -0.137. The predicted molar refractivity (Wildman–Crippen MR) is 140 cm³/mol. The smallest absolute Gasteiger partial charge is 0.357 e. The third kappa shape index (κ3) is 4.08. The standard InChI is InChI=1S/C28H18Cl2F3N3O3/c29-16-8-9-19(30)20(13-16)36-26(38)21-22(27(36)39)24(35-11-10-14-4-1-2-7-18(14)23(21)35)25(37)34-17-6-3-5-15(12-17)28(31,32)33/h1-13,21-24H,(H,34,37)/t21-,22-,23+,24+/m1/s1. The Morgan fingerprint density at radius 2 is 1.64 bits per heavy atom. The average molecular weight is 572 g/mol. The molecule has 6 rings (SSSR count). The number of imide groups is 1. The molecule has 3 amide bonds. The number of rotatable bonds is 3. The van der Waals surface area contributed by atoms with Crippen molar-refractivity contribution < 1.29 is 27.6 Å². The number of carbonyl (C=O) groups is 3. The first-order valence-corrected chi connectivity index (χ1v) is 12.7. The predicted octanol–water partition coefficient (Wildman–Crippen LogP) is 6.17. The number of alkyl halides is 3. The molecule has 4 atom stereocenters. The molecular weight excluding hydrogens is 554 g/mol. The van der Waals surface area contributed by atoms with Crippen LogP contribution in [-0.4, -0.2) is 28.7 Å². The van der Waals surface area contributed by atoms with Crippen molar-refractivity contribution >= 4 is 58.4 Å². The minimum absolute atomic E-state index is 0.0808. The fourth-order valence-electron chi connectivity index (χ4n) is 5.74. The van der Waals surface area contributed by atoms with Crippen molar-refractivity contribution in [1.82, 2.24) is 4.90 Å². The summed E-state index contributed by atoms with van der Waals surface area (Å²) in [5.41, 5.74) is 0.683. The van der Waals surface area contributed by atoms with Gasteiger partial charge < -0.3 is 10.2 Å². The molecule has 11 heteroatoms. The highest BCUT2D eigenvalue weighted by Crippen LogP contribution is 2.54. The van der Waals surface area contributed by atoms with E-state index in [1.54, 1.807) is 23.2 Å². The van der Waals surface area contributed by atoms with Gasteiger partial charge in [0.05, 0.1) is 34.2 Å². The number of nitrogens with one attached hydrogen (secondary N) is 1. The van der Waals surface area contributed by atoms with Gasteiger partial charge in [-0.25, -0.2) is 4.90 Å². The molecule has 3 heterocycles. The number of amides is 3. The van der Waals surface area contributed by atoms with Gasteiger partial charge in [0.15, 0.2) is 0 Å². The van der Waals surface area contributed by atoms with Crippen LogP contribution in [0.4, 0.5) is 24.5 Å². The molecule has 198 valence electrons. The number of halogens is 5. The summed E-state index contributed by atoms with van der Waals surface area (Å²) in [6.45, 7) is 0. The van der Waals surface area contributed by atoms with Crippen LogP contribution in [0.2, 0.25) is 10.0 Å². The van der Waals surface area contributed by atoms with Crippen molar-refractivity contribution in [1.29, 1.82) is 0 Å². The largest absolute Gasteiger partial charge is 0.416 e. The number of anilines is 2. The van der Waals surface area contributed by atoms with Crippen LogP contribution in [0, 0.1) is 11.8 Å². The van der Waals surface area contributed by atoms with E-state index in [0.717, 1.165) is 28.2 Å². The highest BCUT2D eigenvalue weighted by atomic mass is 35.5. The summed E-state index contributed by atoms with van der Waals surface area (Å²) in [7, 11) is 0. The molecule has 0 unspecified atom stereocenters. The van der Waals surface area contributed by atoms with Gasteiger partial charge in [-0.2, -0.15) is 13.2 Å². The van der Waals surface area contributed by atoms with E-state index in [2.05, 4.69) is 5.32 Å². The lowest BCUT2D eigenvalue weighted by Crippen LogP contribution is -2.46. The van der Waals surface area contributed by atoms with Crippen LogP contribution in [0.5, 0.6) is 0 Å². The Kier molecular flexibility index (Phi) is 5.96. The Labute approximate surface area is 230 Å². The van der Waals surface area contributed by atoms with Crippen LogP contribution in [0.15, 0.2) is 72.9 Å². The molecule has 2 saturated heterocycles. The fraction of sp³-hybridized carbons (Fsp3) is 0.179. The first kappa shape index (κ1) is 25.5. The molecule has 39 heavy (non-hydrogen) atoms. The molecule has 6 nitrogen and oxygen atoms in total. The summed E-state index contributed by atoms with van der Waals surface area (Å²) < 4.78 is 39.8. The van der Waals surface area contributed by atoms with Gasteiger partial charge in [-0.1, -0.05) is 53.5 Å². The number of carbonyl (C=O) groups excluding carboxylic acids is 3. The minimum Gasteiger partial charge on any atom is -0.357 e. The zero-order valence-corrected chi connectivity index (χ0v) is 21.3. The van der Waals surface area contributed by atoms with E-state index < -0.39 is 53.4 Å². The molecule has 3 aromatic carbocycles. The lowest BCUT2D eigenvalue weighted by Gasteiger charge is -2.35. The lowest BCUT2D eigenvalue weighted by atomic mass is 9.84. The topological polar surface area (TPSA) is 69.7 Å². The van der Waals surface area contributed by atoms with Gasteiger partial charge in [0.2, 0.25) is 17.7 Å². The number of hydrogen-bond acceptors (Lipinski definition) is 4. The molecule has 0 bridgehead atoms. The van der Waals surface area contributed by atoms with Crippen LogP contribution in [-0.2, 0) is 20.6 Å². The normalized spacial score (nSPS) is 23.5. The second-order valence-electron chi connectivity index (χ2n) is 9.51. The highest BCUT2D eigenvalue weighted by Gasteiger charge is 2.64. The maximum absolute atomic E-state index is 13.9. The molecule has 0 saturated carbocycles. The summed E-state index contributed by atoms with van der Waals surface area (Å²) in [6.07, 6.45) is -1.18. The third-order valence-electron chi connectivity index (χ3n) is 7.34. The summed E-state index contributed by atoms with van der Waals surface area (Å²) in [5, 5.41) is 2.93. The number of fused-ring (bicyclic) bond motifs is 5. The van der Waals surface area contributed by atoms with Crippen LogP contribution in [0.1, 0.15) is 22.7 Å². The van der Waals surface area contributed by atoms with E-state index in [4.69, 9.17) is 23.2 Å². The fourth-order valence-corrected chi connectivity index (χ4v) is 6.11. The number of hydrogen-bond donors (Lipinski definition) is 1. The van der Waals surface area contributed by atoms with Crippen LogP contribution >= 0.6 is 23.2 Å². The van der Waals surface area contributed by atoms with Crippen molar-refractivity contribution in [2.24, 2.45) is 11.8 Å². The van der Waals surface area contributed by atoms with Gasteiger partial charge in [0, 0.05) is 16.9 Å². The number of nitrogens with zero attached hydrogens (tertiary/aromatic N) is 2. The van der Waals surface area contributed by atoms with E-state index in [-0.39, 0.29) is 21.4 Å². The summed E-state index contributed by atoms with van der Waals surface area (Å²) >= 11 is 12.5. The molecule has 2 fully saturated rings. The second kappa shape index (κ2) is 9.14. The molecule has 0 radical (unpaired) electrons. The van der Waals surface area contributed by atoms with Crippen molar-refractivity contribution in [3.63, 3.8) is 0 Å². The zero-order chi connectivity index (χ0) is 27.6. The first-order chi connectivity index (χ1) is 18.6. The Bertz CT molecular complexity index is 1570. The van der Waals surface area contributed by atoms with Crippen LogP contribution in [0.25, 0.3) is 6.08 Å². The molecule has 3 aromatic rings. The van der Waals surface area contributed by atoms with Gasteiger partial charge in [-0.15, -0.1) is 0 Å². The van der Waals surface area contributed by atoms with Gasteiger partial charge in [0.1, 0.15) is 6.04 Å². The second-order valence-corrected chi connectivity index (χ2v) is 10.4. The minimum atomic E-state index is -4.60. The van der Waals surface area contributed by atoms with Crippen molar-refractivity contribution in [3.05, 3.63) is 99.7 Å². The molecule has 0 aliphatic carbocycles. The van der Waals surface area contributed by atoms with E-state index in [0.29, 0.717) is 0 Å². The van der Waals surface area contributed by atoms with Crippen molar-refractivity contribution in [2.45, 2.75) is 18.3 Å². The Morgan fingerprint density at radius 1 is 0.897 bits per heavy atom. The van der Waals surface area contributed by atoms with Crippen LogP contribution in [0.3, 0.4) is 0 Å². The SMILES string of the molecule is O=C(Nc1cccc(C(F)(F)F)c1)[C@@H]1[C@@H]2C(=O)N(c3cc(Cl)ccc3Cl)C(=O)[C@H]2[C@@H]2c3ccccc3C=CN12. The Balaban J connectivity index is 1.43. The Hall–Kier alpha value is -3.82. The summed E-state index contributed by atoms with van der Waals surface area (Å²) in [4.78, 5) is 44.1. The van der Waals surface area contributed by atoms with Crippen molar-refractivity contribution in [3.8, 4) is 0 Å². The summed E-state index contributed by atoms with van der Waals surface area (Å²) in [6, 6.07) is 14.1. The average Bonchev–Trinajstić information content (AvgIpc) is 3.37. The van der Waals surface area contributed by atoms with E-state index in [1.165, 1.54) is 30.3 Å². The van der Waals surface area contributed by atoms with Gasteiger partial charge in [-0.05, 0) is 53.6 Å². The van der Waals surface area contributed by atoms with E-state index in [1.807, 2.05) is 18.2 Å². The third-order valence-corrected chi connectivity index (χ3v) is 7.89. The molecule has 0 aromatic heterocycles. The van der Waals surface area contributed by atoms with E-state index >= 15 is 0 Å². The highest BCUT2D eigenvalue weighted by molar-refractivity contribution is 6.38. The zero-order valence-electron chi connectivity index (χ0n) is 19.8. The van der Waals surface area contributed by atoms with Gasteiger partial charge in [0.25, 0.3) is 0 Å². The van der Waals surface area contributed by atoms with Crippen molar-refractivity contribution in [2.75, 3.05) is 10.2 Å². The molecule has 0 spiro atoms. The molecular formula is C28H18Cl2F3N3O3. The van der Waals surface area contributed by atoms with Gasteiger partial charge >= 0.3 is 6.18 Å². The first-order valence-electron chi connectivity index (χ1n) is 11.9. The Morgan fingerprint density at radius 3 is 2.41 bits per heavy atom. The van der Waals surface area contributed by atoms with Gasteiger partial charge in [-0.3, -0.25) is 14.4 Å². The summed E-state index contributed by atoms with van der Waals surface area (Å²) in [5.74, 6) is -3.96. The number of benzene rings is 3. The maximum Gasteiger partial charge on any atom is 0.416 e.